The van der Waals surface area contributed by atoms with E-state index in [1.807, 2.05) is 31.2 Å². The Morgan fingerprint density at radius 3 is 2.39 bits per heavy atom. The molecule has 0 unspecified atom stereocenters. The van der Waals surface area contributed by atoms with Crippen LogP contribution in [0.25, 0.3) is 0 Å². The molecule has 0 spiro atoms. The third kappa shape index (κ3) is 5.00. The highest BCUT2D eigenvalue weighted by Crippen LogP contribution is 2.15. The summed E-state index contributed by atoms with van der Waals surface area (Å²) < 4.78 is 0.966. The van der Waals surface area contributed by atoms with Crippen molar-refractivity contribution in [2.45, 2.75) is 32.6 Å². The van der Waals surface area contributed by atoms with Crippen LogP contribution in [0.4, 0.5) is 0 Å². The normalized spacial score (nSPS) is 12.1. The fourth-order valence-corrected chi connectivity index (χ4v) is 2.10. The summed E-state index contributed by atoms with van der Waals surface area (Å²) >= 11 is 3.33. The molecule has 0 aliphatic carbocycles. The van der Waals surface area contributed by atoms with E-state index in [2.05, 4.69) is 15.9 Å². The molecule has 0 aliphatic rings. The smallest absolute Gasteiger partial charge is 0.306 e. The SMILES string of the molecule is CCC[C@H](CC(=O)Cc1ccc(Br)cc1)C(=O)O. The van der Waals surface area contributed by atoms with Crippen LogP contribution in [0.3, 0.4) is 0 Å². The Labute approximate surface area is 115 Å². The maximum absolute atomic E-state index is 11.8. The van der Waals surface area contributed by atoms with Gasteiger partial charge in [0.25, 0.3) is 0 Å². The summed E-state index contributed by atoms with van der Waals surface area (Å²) in [5, 5.41) is 9.00. The number of carbonyl (C=O) groups is 2. The predicted molar refractivity (Wildman–Crippen MR) is 73.5 cm³/mol. The Bertz CT molecular complexity index is 412. The second-order valence-corrected chi connectivity index (χ2v) is 5.29. The molecule has 0 heterocycles. The molecule has 0 aliphatic heterocycles. The van der Waals surface area contributed by atoms with Crippen LogP contribution in [0.15, 0.2) is 28.7 Å². The summed E-state index contributed by atoms with van der Waals surface area (Å²) in [6, 6.07) is 7.50. The molecule has 98 valence electrons. The number of aliphatic carboxylic acids is 1. The molecule has 1 aromatic rings. The number of Topliss-reactive ketones (excluding diaryl/α,β-unsaturated/α-hetero) is 1. The highest BCUT2D eigenvalue weighted by Gasteiger charge is 2.20. The number of hydrogen-bond donors (Lipinski definition) is 1. The Morgan fingerprint density at radius 1 is 1.28 bits per heavy atom. The molecule has 0 aromatic heterocycles. The van der Waals surface area contributed by atoms with Gasteiger partial charge < -0.3 is 5.11 Å². The second-order valence-electron chi connectivity index (χ2n) is 4.37. The summed E-state index contributed by atoms with van der Waals surface area (Å²) in [4.78, 5) is 22.8. The molecule has 1 N–H and O–H groups in total. The van der Waals surface area contributed by atoms with Crippen molar-refractivity contribution in [3.8, 4) is 0 Å². The molecule has 0 radical (unpaired) electrons. The molecule has 4 heteroatoms. The lowest BCUT2D eigenvalue weighted by atomic mass is 9.95. The van der Waals surface area contributed by atoms with E-state index in [1.54, 1.807) is 0 Å². The number of carboxylic acid groups (broad SMARTS) is 1. The van der Waals surface area contributed by atoms with Crippen molar-refractivity contribution in [2.24, 2.45) is 5.92 Å². The van der Waals surface area contributed by atoms with Crippen LogP contribution < -0.4 is 0 Å². The van der Waals surface area contributed by atoms with E-state index in [-0.39, 0.29) is 12.2 Å². The number of ketones is 1. The Balaban J connectivity index is 2.54. The minimum atomic E-state index is -0.874. The van der Waals surface area contributed by atoms with Crippen LogP contribution in [0.2, 0.25) is 0 Å². The van der Waals surface area contributed by atoms with E-state index in [0.717, 1.165) is 16.5 Å². The third-order valence-electron chi connectivity index (χ3n) is 2.77. The van der Waals surface area contributed by atoms with Gasteiger partial charge in [0.2, 0.25) is 0 Å². The summed E-state index contributed by atoms with van der Waals surface area (Å²) in [7, 11) is 0. The average Bonchev–Trinajstić information content (AvgIpc) is 2.31. The van der Waals surface area contributed by atoms with E-state index in [4.69, 9.17) is 5.11 Å². The van der Waals surface area contributed by atoms with Crippen molar-refractivity contribution in [1.82, 2.24) is 0 Å². The average molecular weight is 313 g/mol. The fraction of sp³-hybridized carbons (Fsp3) is 0.429. The zero-order valence-electron chi connectivity index (χ0n) is 10.4. The van der Waals surface area contributed by atoms with Crippen molar-refractivity contribution in [3.05, 3.63) is 34.3 Å². The summed E-state index contributed by atoms with van der Waals surface area (Å²) in [6.07, 6.45) is 1.77. The Hall–Kier alpha value is -1.16. The lowest BCUT2D eigenvalue weighted by molar-refractivity contribution is -0.144. The summed E-state index contributed by atoms with van der Waals surface area (Å²) in [5.41, 5.74) is 0.920. The first-order valence-corrected chi connectivity index (χ1v) is 6.81. The molecule has 0 saturated heterocycles. The molecule has 0 bridgehead atoms. The van der Waals surface area contributed by atoms with Gasteiger partial charge in [0.05, 0.1) is 5.92 Å². The van der Waals surface area contributed by atoms with Gasteiger partial charge in [-0.05, 0) is 24.1 Å². The molecule has 18 heavy (non-hydrogen) atoms. The Kier molecular flexibility index (Phi) is 6.05. The summed E-state index contributed by atoms with van der Waals surface area (Å²) in [6.45, 7) is 1.93. The van der Waals surface area contributed by atoms with Crippen LogP contribution in [0.1, 0.15) is 31.7 Å². The van der Waals surface area contributed by atoms with Crippen molar-refractivity contribution in [2.75, 3.05) is 0 Å². The van der Waals surface area contributed by atoms with Crippen LogP contribution in [-0.2, 0) is 16.0 Å². The zero-order chi connectivity index (χ0) is 13.5. The van der Waals surface area contributed by atoms with E-state index in [1.165, 1.54) is 0 Å². The topological polar surface area (TPSA) is 54.4 Å². The first kappa shape index (κ1) is 14.9. The molecule has 1 aromatic carbocycles. The second kappa shape index (κ2) is 7.31. The van der Waals surface area contributed by atoms with E-state index in [9.17, 15) is 9.59 Å². The largest absolute Gasteiger partial charge is 0.481 e. The number of benzene rings is 1. The highest BCUT2D eigenvalue weighted by molar-refractivity contribution is 9.10. The molecular weight excluding hydrogens is 296 g/mol. The van der Waals surface area contributed by atoms with Crippen LogP contribution in [0.5, 0.6) is 0 Å². The van der Waals surface area contributed by atoms with Gasteiger partial charge in [0.15, 0.2) is 0 Å². The van der Waals surface area contributed by atoms with Crippen LogP contribution >= 0.6 is 15.9 Å². The van der Waals surface area contributed by atoms with E-state index >= 15 is 0 Å². The van der Waals surface area contributed by atoms with Gasteiger partial charge in [-0.3, -0.25) is 9.59 Å². The summed E-state index contributed by atoms with van der Waals surface area (Å²) in [5.74, 6) is -1.43. The van der Waals surface area contributed by atoms with E-state index in [0.29, 0.717) is 12.8 Å². The zero-order valence-corrected chi connectivity index (χ0v) is 11.9. The molecule has 0 saturated carbocycles. The number of carboxylic acids is 1. The Morgan fingerprint density at radius 2 is 1.89 bits per heavy atom. The van der Waals surface area contributed by atoms with Gasteiger partial charge in [-0.2, -0.15) is 0 Å². The fourth-order valence-electron chi connectivity index (χ4n) is 1.84. The minimum Gasteiger partial charge on any atom is -0.481 e. The molecule has 1 rings (SSSR count). The van der Waals surface area contributed by atoms with Crippen LogP contribution in [0, 0.1) is 5.92 Å². The van der Waals surface area contributed by atoms with Crippen molar-refractivity contribution >= 4 is 27.7 Å². The predicted octanol–water partition coefficient (Wildman–Crippen LogP) is 3.45. The maximum atomic E-state index is 11.8. The molecule has 3 nitrogen and oxygen atoms in total. The number of halogens is 1. The van der Waals surface area contributed by atoms with Gasteiger partial charge in [-0.1, -0.05) is 41.4 Å². The number of rotatable bonds is 7. The quantitative estimate of drug-likeness (QED) is 0.839. The van der Waals surface area contributed by atoms with Gasteiger partial charge in [0.1, 0.15) is 5.78 Å². The third-order valence-corrected chi connectivity index (χ3v) is 3.30. The molecule has 0 fully saturated rings. The first-order chi connectivity index (χ1) is 8.52. The molecular formula is C14H17BrO3. The standard InChI is InChI=1S/C14H17BrO3/c1-2-3-11(14(17)18)9-13(16)8-10-4-6-12(15)7-5-10/h4-7,11H,2-3,8-9H2,1H3,(H,17,18)/t11-/m1/s1. The van der Waals surface area contributed by atoms with Crippen molar-refractivity contribution < 1.29 is 14.7 Å². The van der Waals surface area contributed by atoms with Crippen molar-refractivity contribution in [1.29, 1.82) is 0 Å². The van der Waals surface area contributed by atoms with Crippen molar-refractivity contribution in [3.63, 3.8) is 0 Å². The van der Waals surface area contributed by atoms with Crippen LogP contribution in [-0.4, -0.2) is 16.9 Å². The lowest BCUT2D eigenvalue weighted by Gasteiger charge is -2.10. The van der Waals surface area contributed by atoms with E-state index < -0.39 is 11.9 Å². The number of carbonyl (C=O) groups excluding carboxylic acids is 1. The first-order valence-electron chi connectivity index (χ1n) is 6.02. The monoisotopic (exact) mass is 312 g/mol. The van der Waals surface area contributed by atoms with Gasteiger partial charge >= 0.3 is 5.97 Å². The highest BCUT2D eigenvalue weighted by atomic mass is 79.9. The minimum absolute atomic E-state index is 0.0156. The molecule has 1 atom stereocenters. The lowest BCUT2D eigenvalue weighted by Crippen LogP contribution is -2.18. The number of hydrogen-bond acceptors (Lipinski definition) is 2. The maximum Gasteiger partial charge on any atom is 0.306 e. The van der Waals surface area contributed by atoms with Gasteiger partial charge in [-0.15, -0.1) is 0 Å². The molecule has 0 amide bonds. The van der Waals surface area contributed by atoms with Gasteiger partial charge in [0, 0.05) is 17.3 Å². The van der Waals surface area contributed by atoms with Gasteiger partial charge in [-0.25, -0.2) is 0 Å².